The van der Waals surface area contributed by atoms with Crippen LogP contribution in [0, 0.1) is 17.6 Å². The minimum absolute atomic E-state index is 0.183. The Balaban J connectivity index is 2.12. The van der Waals surface area contributed by atoms with Gasteiger partial charge in [0.1, 0.15) is 5.82 Å². The number of nitrogens with one attached hydrogen (secondary N) is 1. The van der Waals surface area contributed by atoms with Gasteiger partial charge in [0, 0.05) is 24.1 Å². The maximum absolute atomic E-state index is 13.6. The summed E-state index contributed by atoms with van der Waals surface area (Å²) in [6.07, 6.45) is 0.896. The molecule has 0 saturated carbocycles. The minimum atomic E-state index is -0.581. The molecule has 4 heteroatoms. The summed E-state index contributed by atoms with van der Waals surface area (Å²) in [5, 5.41) is 3.27. The fourth-order valence-electron chi connectivity index (χ4n) is 2.72. The van der Waals surface area contributed by atoms with E-state index in [1.165, 1.54) is 6.07 Å². The van der Waals surface area contributed by atoms with Crippen molar-refractivity contribution in [1.29, 1.82) is 0 Å². The van der Waals surface area contributed by atoms with Crippen molar-refractivity contribution in [1.82, 2.24) is 5.32 Å². The Kier molecular flexibility index (Phi) is 2.32. The lowest BCUT2D eigenvalue weighted by atomic mass is 9.87. The number of ether oxygens (including phenoxy) is 1. The van der Waals surface area contributed by atoms with Crippen molar-refractivity contribution >= 4 is 0 Å². The molecule has 1 aromatic carbocycles. The fraction of sp³-hybridized carbons (Fsp3) is 0.500. The largest absolute Gasteiger partial charge is 0.490 e. The SMILES string of the molecule is Fc1cc(F)c2c(c1)C1CNCC1CCO2. The second-order valence-corrected chi connectivity index (χ2v) is 4.47. The molecule has 2 aliphatic heterocycles. The van der Waals surface area contributed by atoms with E-state index in [9.17, 15) is 8.78 Å². The van der Waals surface area contributed by atoms with Crippen LogP contribution < -0.4 is 10.1 Å². The van der Waals surface area contributed by atoms with Crippen LogP contribution in [-0.2, 0) is 0 Å². The van der Waals surface area contributed by atoms with Crippen LogP contribution in [0.2, 0.25) is 0 Å². The molecule has 0 radical (unpaired) electrons. The molecule has 2 nitrogen and oxygen atoms in total. The summed E-state index contributed by atoms with van der Waals surface area (Å²) >= 11 is 0. The van der Waals surface area contributed by atoms with E-state index in [4.69, 9.17) is 4.74 Å². The number of halogens is 2. The second-order valence-electron chi connectivity index (χ2n) is 4.47. The van der Waals surface area contributed by atoms with E-state index in [2.05, 4.69) is 5.32 Å². The van der Waals surface area contributed by atoms with Gasteiger partial charge in [-0.05, 0) is 24.9 Å². The highest BCUT2D eigenvalue weighted by Crippen LogP contribution is 2.40. The molecule has 0 amide bonds. The Hall–Kier alpha value is -1.16. The van der Waals surface area contributed by atoms with Gasteiger partial charge in [0.25, 0.3) is 0 Å². The van der Waals surface area contributed by atoms with E-state index in [1.807, 2.05) is 0 Å². The van der Waals surface area contributed by atoms with Gasteiger partial charge in [-0.2, -0.15) is 0 Å². The molecule has 86 valence electrons. The molecule has 2 atom stereocenters. The molecule has 1 aromatic rings. The first-order chi connectivity index (χ1) is 7.75. The van der Waals surface area contributed by atoms with Crippen LogP contribution in [-0.4, -0.2) is 19.7 Å². The lowest BCUT2D eigenvalue weighted by molar-refractivity contribution is 0.284. The maximum atomic E-state index is 13.6. The highest BCUT2D eigenvalue weighted by Gasteiger charge is 2.34. The maximum Gasteiger partial charge on any atom is 0.168 e. The quantitative estimate of drug-likeness (QED) is 0.729. The summed E-state index contributed by atoms with van der Waals surface area (Å²) in [5.74, 6) is -0.238. The monoisotopic (exact) mass is 225 g/mol. The molecule has 2 heterocycles. The third-order valence-corrected chi connectivity index (χ3v) is 3.51. The summed E-state index contributed by atoms with van der Waals surface area (Å²) < 4.78 is 32.2. The van der Waals surface area contributed by atoms with Gasteiger partial charge < -0.3 is 10.1 Å². The average Bonchev–Trinajstić information content (AvgIpc) is 2.62. The van der Waals surface area contributed by atoms with Crippen molar-refractivity contribution in [3.05, 3.63) is 29.3 Å². The second kappa shape index (κ2) is 3.70. The summed E-state index contributed by atoms with van der Waals surface area (Å²) in [5.41, 5.74) is 0.685. The summed E-state index contributed by atoms with van der Waals surface area (Å²) in [6.45, 7) is 2.20. The van der Waals surface area contributed by atoms with Crippen LogP contribution >= 0.6 is 0 Å². The first-order valence-corrected chi connectivity index (χ1v) is 5.58. The van der Waals surface area contributed by atoms with Gasteiger partial charge >= 0.3 is 0 Å². The van der Waals surface area contributed by atoms with Gasteiger partial charge in [-0.3, -0.25) is 0 Å². The third kappa shape index (κ3) is 1.48. The topological polar surface area (TPSA) is 21.3 Å². The predicted octanol–water partition coefficient (Wildman–Crippen LogP) is 2.05. The summed E-state index contributed by atoms with van der Waals surface area (Å²) in [4.78, 5) is 0. The van der Waals surface area contributed by atoms with E-state index >= 15 is 0 Å². The molecule has 3 rings (SSSR count). The van der Waals surface area contributed by atoms with Crippen molar-refractivity contribution in [3.8, 4) is 5.75 Å². The van der Waals surface area contributed by atoms with Crippen molar-refractivity contribution in [2.75, 3.05) is 19.7 Å². The molecule has 2 unspecified atom stereocenters. The molecule has 1 fully saturated rings. The number of hydrogen-bond donors (Lipinski definition) is 1. The normalized spacial score (nSPS) is 27.9. The van der Waals surface area contributed by atoms with Crippen molar-refractivity contribution in [2.45, 2.75) is 12.3 Å². The Labute approximate surface area is 92.6 Å². The third-order valence-electron chi connectivity index (χ3n) is 3.51. The molecule has 0 aliphatic carbocycles. The summed E-state index contributed by atoms with van der Waals surface area (Å²) in [6, 6.07) is 2.30. The van der Waals surface area contributed by atoms with Gasteiger partial charge in [0.2, 0.25) is 0 Å². The molecular formula is C12H13F2NO. The highest BCUT2D eigenvalue weighted by atomic mass is 19.1. The molecular weight excluding hydrogens is 212 g/mol. The number of fused-ring (bicyclic) bond motifs is 3. The first kappa shape index (κ1) is 10.0. The van der Waals surface area contributed by atoms with Gasteiger partial charge in [0.15, 0.2) is 11.6 Å². The molecule has 0 spiro atoms. The van der Waals surface area contributed by atoms with Crippen LogP contribution in [0.4, 0.5) is 8.78 Å². The molecule has 1 N–H and O–H groups in total. The standard InChI is InChI=1S/C12H13F2NO/c13-8-3-9-10-6-15-5-7(10)1-2-16-12(9)11(14)4-8/h3-4,7,10,15H,1-2,5-6H2. The van der Waals surface area contributed by atoms with Crippen LogP contribution in [0.3, 0.4) is 0 Å². The van der Waals surface area contributed by atoms with E-state index in [1.54, 1.807) is 0 Å². The van der Waals surface area contributed by atoms with Crippen molar-refractivity contribution in [3.63, 3.8) is 0 Å². The minimum Gasteiger partial charge on any atom is -0.490 e. The first-order valence-electron chi connectivity index (χ1n) is 5.58. The smallest absolute Gasteiger partial charge is 0.168 e. The van der Waals surface area contributed by atoms with Crippen LogP contribution in [0.25, 0.3) is 0 Å². The molecule has 16 heavy (non-hydrogen) atoms. The lowest BCUT2D eigenvalue weighted by Crippen LogP contribution is -2.11. The molecule has 0 bridgehead atoms. The highest BCUT2D eigenvalue weighted by molar-refractivity contribution is 5.40. The van der Waals surface area contributed by atoms with Crippen LogP contribution in [0.15, 0.2) is 12.1 Å². The zero-order valence-electron chi connectivity index (χ0n) is 8.80. The van der Waals surface area contributed by atoms with Crippen LogP contribution in [0.5, 0.6) is 5.75 Å². The van der Waals surface area contributed by atoms with E-state index in [0.717, 1.165) is 25.6 Å². The van der Waals surface area contributed by atoms with Gasteiger partial charge in [0.05, 0.1) is 6.61 Å². The van der Waals surface area contributed by atoms with Crippen molar-refractivity contribution in [2.24, 2.45) is 5.92 Å². The Morgan fingerprint density at radius 3 is 3.00 bits per heavy atom. The van der Waals surface area contributed by atoms with Gasteiger partial charge in [-0.15, -0.1) is 0 Å². The van der Waals surface area contributed by atoms with Gasteiger partial charge in [-0.1, -0.05) is 0 Å². The fourth-order valence-corrected chi connectivity index (χ4v) is 2.72. The molecule has 2 aliphatic rings. The molecule has 0 aromatic heterocycles. The number of rotatable bonds is 0. The van der Waals surface area contributed by atoms with E-state index < -0.39 is 11.6 Å². The molecule has 1 saturated heterocycles. The Morgan fingerprint density at radius 1 is 1.25 bits per heavy atom. The Morgan fingerprint density at radius 2 is 2.12 bits per heavy atom. The van der Waals surface area contributed by atoms with E-state index in [0.29, 0.717) is 18.1 Å². The average molecular weight is 225 g/mol. The Bertz CT molecular complexity index is 422. The number of benzene rings is 1. The zero-order valence-corrected chi connectivity index (χ0v) is 8.80. The predicted molar refractivity (Wildman–Crippen MR) is 55.6 cm³/mol. The number of hydrogen-bond acceptors (Lipinski definition) is 2. The van der Waals surface area contributed by atoms with Crippen LogP contribution in [0.1, 0.15) is 17.9 Å². The summed E-state index contributed by atoms with van der Waals surface area (Å²) in [7, 11) is 0. The lowest BCUT2D eigenvalue weighted by Gasteiger charge is -2.16. The zero-order chi connectivity index (χ0) is 11.1. The van der Waals surface area contributed by atoms with Gasteiger partial charge in [-0.25, -0.2) is 8.78 Å². The van der Waals surface area contributed by atoms with E-state index in [-0.39, 0.29) is 11.7 Å². The van der Waals surface area contributed by atoms with Crippen molar-refractivity contribution < 1.29 is 13.5 Å².